The summed E-state index contributed by atoms with van der Waals surface area (Å²) >= 11 is 0. The second-order valence-corrected chi connectivity index (χ2v) is 6.70. The lowest BCUT2D eigenvalue weighted by Crippen LogP contribution is -2.61. The van der Waals surface area contributed by atoms with Crippen LogP contribution in [0.1, 0.15) is 35.7 Å². The van der Waals surface area contributed by atoms with Crippen LogP contribution in [0.25, 0.3) is 0 Å². The van der Waals surface area contributed by atoms with Gasteiger partial charge in [0.05, 0.1) is 18.4 Å². The number of carbonyl (C=O) groups excluding carboxylic acids is 2. The van der Waals surface area contributed by atoms with E-state index in [0.29, 0.717) is 24.9 Å². The van der Waals surface area contributed by atoms with E-state index in [4.69, 9.17) is 4.74 Å². The van der Waals surface area contributed by atoms with Crippen molar-refractivity contribution in [2.24, 2.45) is 0 Å². The van der Waals surface area contributed by atoms with Gasteiger partial charge in [-0.2, -0.15) is 0 Å². The fourth-order valence-corrected chi connectivity index (χ4v) is 3.85. The van der Waals surface area contributed by atoms with Crippen LogP contribution in [0.2, 0.25) is 0 Å². The lowest BCUT2D eigenvalue weighted by atomic mass is 9.97. The number of amides is 2. The number of benzene rings is 2. The van der Waals surface area contributed by atoms with Crippen molar-refractivity contribution in [3.05, 3.63) is 59.7 Å². The van der Waals surface area contributed by atoms with Crippen molar-refractivity contribution in [1.82, 2.24) is 4.90 Å². The first kappa shape index (κ1) is 15.7. The number of ether oxygens (including phenoxy) is 1. The fraction of sp³-hybridized carbons (Fsp3) is 0.300. The van der Waals surface area contributed by atoms with Crippen molar-refractivity contribution in [2.75, 3.05) is 12.0 Å². The number of para-hydroxylation sites is 1. The molecule has 1 saturated heterocycles. The molecule has 4 rings (SSSR count). The molecular weight excluding hydrogens is 316 g/mol. The van der Waals surface area contributed by atoms with E-state index >= 15 is 0 Å². The minimum absolute atomic E-state index is 0.0279. The first-order valence-electron chi connectivity index (χ1n) is 8.41. The number of hydrogen-bond acceptors (Lipinski definition) is 3. The Morgan fingerprint density at radius 2 is 1.80 bits per heavy atom. The molecule has 2 aromatic rings. The van der Waals surface area contributed by atoms with Gasteiger partial charge in [-0.25, -0.2) is 0 Å². The van der Waals surface area contributed by atoms with E-state index in [9.17, 15) is 9.59 Å². The lowest BCUT2D eigenvalue weighted by Gasteiger charge is -2.48. The Bertz CT molecular complexity index is 846. The van der Waals surface area contributed by atoms with E-state index in [0.717, 1.165) is 17.0 Å². The first-order chi connectivity index (χ1) is 12.0. The van der Waals surface area contributed by atoms with Gasteiger partial charge in [0.1, 0.15) is 11.4 Å². The number of rotatable bonds is 3. The van der Waals surface area contributed by atoms with E-state index < -0.39 is 5.66 Å². The molecule has 2 heterocycles. The van der Waals surface area contributed by atoms with E-state index in [1.165, 1.54) is 0 Å². The van der Waals surface area contributed by atoms with Crippen LogP contribution < -0.4 is 9.64 Å². The average molecular weight is 336 g/mol. The zero-order chi connectivity index (χ0) is 17.6. The second kappa shape index (κ2) is 5.62. The molecule has 25 heavy (non-hydrogen) atoms. The second-order valence-electron chi connectivity index (χ2n) is 6.70. The third-order valence-corrected chi connectivity index (χ3v) is 5.25. The van der Waals surface area contributed by atoms with Crippen molar-refractivity contribution in [3.8, 4) is 5.75 Å². The maximum absolute atomic E-state index is 13.2. The number of hydrogen-bond donors (Lipinski definition) is 0. The summed E-state index contributed by atoms with van der Waals surface area (Å²) in [4.78, 5) is 29.3. The summed E-state index contributed by atoms with van der Waals surface area (Å²) < 4.78 is 5.20. The van der Waals surface area contributed by atoms with Crippen LogP contribution >= 0.6 is 0 Å². The molecule has 5 heteroatoms. The standard InChI is InChI=1S/C20H20N2O3/c1-20-12-11-18(23)22(20)17-6-4-3-5-16(17)19(24)21(20)13-14-7-9-15(25-2)10-8-14/h3-10H,11-13H2,1-2H3. The van der Waals surface area contributed by atoms with Gasteiger partial charge in [-0.05, 0) is 43.2 Å². The predicted octanol–water partition coefficient (Wildman–Crippen LogP) is 3.19. The summed E-state index contributed by atoms with van der Waals surface area (Å²) in [7, 11) is 1.63. The molecule has 0 aliphatic carbocycles. The largest absolute Gasteiger partial charge is 0.497 e. The van der Waals surface area contributed by atoms with Gasteiger partial charge in [0.25, 0.3) is 5.91 Å². The number of nitrogens with zero attached hydrogens (tertiary/aromatic N) is 2. The molecule has 1 unspecified atom stereocenters. The maximum atomic E-state index is 13.2. The predicted molar refractivity (Wildman–Crippen MR) is 94.4 cm³/mol. The Hall–Kier alpha value is -2.82. The molecule has 2 aliphatic rings. The van der Waals surface area contributed by atoms with Crippen LogP contribution in [0.15, 0.2) is 48.5 Å². The van der Waals surface area contributed by atoms with E-state index in [1.54, 1.807) is 18.1 Å². The van der Waals surface area contributed by atoms with Gasteiger partial charge < -0.3 is 9.64 Å². The number of carbonyl (C=O) groups is 2. The average Bonchev–Trinajstić information content (AvgIpc) is 2.95. The highest BCUT2D eigenvalue weighted by Gasteiger charge is 2.52. The molecule has 0 N–H and O–H groups in total. The normalized spacial score (nSPS) is 22.0. The van der Waals surface area contributed by atoms with E-state index in [2.05, 4.69) is 0 Å². The SMILES string of the molecule is COc1ccc(CN2C(=O)c3ccccc3N3C(=O)CCC23C)cc1. The molecule has 0 aromatic heterocycles. The van der Waals surface area contributed by atoms with Crippen molar-refractivity contribution in [1.29, 1.82) is 0 Å². The van der Waals surface area contributed by atoms with Crippen molar-refractivity contribution in [2.45, 2.75) is 32.0 Å². The summed E-state index contributed by atoms with van der Waals surface area (Å²) in [5.41, 5.74) is 1.70. The number of fused-ring (bicyclic) bond motifs is 3. The highest BCUT2D eigenvalue weighted by Crippen LogP contribution is 2.44. The summed E-state index contributed by atoms with van der Waals surface area (Å²) in [6, 6.07) is 15.1. The first-order valence-corrected chi connectivity index (χ1v) is 8.41. The molecule has 0 saturated carbocycles. The van der Waals surface area contributed by atoms with Crippen molar-refractivity contribution >= 4 is 17.5 Å². The van der Waals surface area contributed by atoms with E-state index in [-0.39, 0.29) is 11.8 Å². The molecule has 128 valence electrons. The van der Waals surface area contributed by atoms with Gasteiger partial charge in [-0.15, -0.1) is 0 Å². The molecule has 0 spiro atoms. The quantitative estimate of drug-likeness (QED) is 0.865. The molecule has 0 bridgehead atoms. The number of methoxy groups -OCH3 is 1. The van der Waals surface area contributed by atoms with Crippen LogP contribution in [-0.2, 0) is 11.3 Å². The van der Waals surface area contributed by atoms with Gasteiger partial charge in [0.15, 0.2) is 0 Å². The Kier molecular flexibility index (Phi) is 3.53. The third-order valence-electron chi connectivity index (χ3n) is 5.25. The van der Waals surface area contributed by atoms with Crippen LogP contribution in [0.3, 0.4) is 0 Å². The molecular formula is C20H20N2O3. The summed E-state index contributed by atoms with van der Waals surface area (Å²) in [6.07, 6.45) is 1.10. The van der Waals surface area contributed by atoms with Crippen LogP contribution in [0.4, 0.5) is 5.69 Å². The van der Waals surface area contributed by atoms with Gasteiger partial charge in [-0.3, -0.25) is 14.5 Å². The zero-order valence-electron chi connectivity index (χ0n) is 14.4. The molecule has 5 nitrogen and oxygen atoms in total. The molecule has 1 fully saturated rings. The van der Waals surface area contributed by atoms with Gasteiger partial charge in [0.2, 0.25) is 5.91 Å². The maximum Gasteiger partial charge on any atom is 0.258 e. The highest BCUT2D eigenvalue weighted by atomic mass is 16.5. The zero-order valence-corrected chi connectivity index (χ0v) is 14.4. The summed E-state index contributed by atoms with van der Waals surface area (Å²) in [5, 5.41) is 0. The Labute approximate surface area is 146 Å². The van der Waals surface area contributed by atoms with Crippen molar-refractivity contribution < 1.29 is 14.3 Å². The van der Waals surface area contributed by atoms with Crippen LogP contribution in [0, 0.1) is 0 Å². The third kappa shape index (κ3) is 2.30. The van der Waals surface area contributed by atoms with Crippen LogP contribution in [0.5, 0.6) is 5.75 Å². The Morgan fingerprint density at radius 3 is 2.52 bits per heavy atom. The van der Waals surface area contributed by atoms with Gasteiger partial charge >= 0.3 is 0 Å². The molecule has 1 atom stereocenters. The molecule has 0 radical (unpaired) electrons. The van der Waals surface area contributed by atoms with Crippen LogP contribution in [-0.4, -0.2) is 29.5 Å². The Balaban J connectivity index is 1.76. The molecule has 2 aromatic carbocycles. The topological polar surface area (TPSA) is 49.9 Å². The summed E-state index contributed by atoms with van der Waals surface area (Å²) in [6.45, 7) is 2.44. The lowest BCUT2D eigenvalue weighted by molar-refractivity contribution is -0.117. The smallest absolute Gasteiger partial charge is 0.258 e. The van der Waals surface area contributed by atoms with Gasteiger partial charge in [0, 0.05) is 13.0 Å². The fourth-order valence-electron chi connectivity index (χ4n) is 3.85. The Morgan fingerprint density at radius 1 is 1.08 bits per heavy atom. The minimum atomic E-state index is -0.623. The van der Waals surface area contributed by atoms with Crippen molar-refractivity contribution in [3.63, 3.8) is 0 Å². The number of anilines is 1. The molecule has 2 aliphatic heterocycles. The summed E-state index contributed by atoms with van der Waals surface area (Å²) in [5.74, 6) is 0.824. The van der Waals surface area contributed by atoms with Gasteiger partial charge in [-0.1, -0.05) is 24.3 Å². The molecule has 2 amide bonds. The monoisotopic (exact) mass is 336 g/mol. The minimum Gasteiger partial charge on any atom is -0.497 e. The van der Waals surface area contributed by atoms with E-state index in [1.807, 2.05) is 54.3 Å². The highest BCUT2D eigenvalue weighted by molar-refractivity contribution is 6.10.